The van der Waals surface area contributed by atoms with Crippen molar-refractivity contribution in [1.82, 2.24) is 15.1 Å². The Labute approximate surface area is 181 Å². The summed E-state index contributed by atoms with van der Waals surface area (Å²) in [4.78, 5) is 16.5. The molecule has 3 heterocycles. The smallest absolute Gasteiger partial charge is 0.246 e. The summed E-state index contributed by atoms with van der Waals surface area (Å²) in [7, 11) is 0. The van der Waals surface area contributed by atoms with E-state index < -0.39 is 0 Å². The Morgan fingerprint density at radius 2 is 1.90 bits per heavy atom. The lowest BCUT2D eigenvalue weighted by atomic mass is 10.2. The third-order valence-electron chi connectivity index (χ3n) is 4.81. The van der Waals surface area contributed by atoms with Gasteiger partial charge in [-0.15, -0.1) is 22.6 Å². The Kier molecular flexibility index (Phi) is 7.35. The molecule has 4 rings (SSSR count). The van der Waals surface area contributed by atoms with Gasteiger partial charge < -0.3 is 24.0 Å². The van der Waals surface area contributed by atoms with Crippen LogP contribution in [-0.2, 0) is 4.79 Å². The Balaban J connectivity index is 0.00000256. The third kappa shape index (κ3) is 5.13. The average Bonchev–Trinajstić information content (AvgIpc) is 3.24. The molecule has 160 valence electrons. The minimum Gasteiger partial charge on any atom is -0.477 e. The lowest BCUT2D eigenvalue weighted by Crippen LogP contribution is -2.48. The van der Waals surface area contributed by atoms with Crippen LogP contribution in [0.1, 0.15) is 18.9 Å². The summed E-state index contributed by atoms with van der Waals surface area (Å²) in [6.45, 7) is 5.63. The number of rotatable bonds is 6. The van der Waals surface area contributed by atoms with E-state index >= 15 is 0 Å². The van der Waals surface area contributed by atoms with E-state index in [1.165, 1.54) is 0 Å². The van der Waals surface area contributed by atoms with Crippen LogP contribution in [0.15, 0.2) is 36.4 Å². The molecule has 1 amide bonds. The number of ether oxygens (including phenoxy) is 3. The van der Waals surface area contributed by atoms with Crippen LogP contribution in [0, 0.1) is 0 Å². The quantitative estimate of drug-likeness (QED) is 0.649. The van der Waals surface area contributed by atoms with Gasteiger partial charge in [0.15, 0.2) is 17.3 Å². The highest BCUT2D eigenvalue weighted by molar-refractivity contribution is 5.92. The van der Waals surface area contributed by atoms with E-state index in [0.717, 1.165) is 23.6 Å². The summed E-state index contributed by atoms with van der Waals surface area (Å²) < 4.78 is 16.1. The number of carbonyl (C=O) groups is 1. The monoisotopic (exact) mass is 432 g/mol. The standard InChI is InChI=1S/C21H24N4O4.ClH/c1-2-13-27-20-7-6-19(22-23-20)24-9-11-25(12-10-24)21(26)8-4-16-3-5-17-18(14-16)29-15-28-17;/h3-8,14H,2,9-13,15H2,1H3;1H. The van der Waals surface area contributed by atoms with Crippen LogP contribution in [0.2, 0.25) is 0 Å². The molecule has 1 aromatic heterocycles. The summed E-state index contributed by atoms with van der Waals surface area (Å²) in [5.41, 5.74) is 0.905. The fourth-order valence-corrected chi connectivity index (χ4v) is 3.21. The number of hydrogen-bond acceptors (Lipinski definition) is 7. The van der Waals surface area contributed by atoms with Crippen LogP contribution in [0.4, 0.5) is 5.82 Å². The zero-order valence-electron chi connectivity index (χ0n) is 16.8. The van der Waals surface area contributed by atoms with E-state index in [0.29, 0.717) is 44.4 Å². The first-order chi connectivity index (χ1) is 14.2. The summed E-state index contributed by atoms with van der Waals surface area (Å²) in [6.07, 6.45) is 4.34. The molecule has 0 aliphatic carbocycles. The Bertz CT molecular complexity index is 883. The fraction of sp³-hybridized carbons (Fsp3) is 0.381. The van der Waals surface area contributed by atoms with Gasteiger partial charge in [-0.3, -0.25) is 4.79 Å². The molecule has 8 nitrogen and oxygen atoms in total. The van der Waals surface area contributed by atoms with E-state index in [2.05, 4.69) is 15.1 Å². The zero-order chi connectivity index (χ0) is 20.1. The molecule has 1 saturated heterocycles. The SMILES string of the molecule is CCCOc1ccc(N2CCN(C(=O)C=Cc3ccc4c(c3)OCO4)CC2)nn1.Cl. The van der Waals surface area contributed by atoms with Crippen LogP contribution < -0.4 is 19.1 Å². The minimum absolute atomic E-state index is 0. The number of hydrogen-bond donors (Lipinski definition) is 0. The van der Waals surface area contributed by atoms with Crippen molar-refractivity contribution in [3.05, 3.63) is 42.0 Å². The first-order valence-electron chi connectivity index (χ1n) is 9.81. The van der Waals surface area contributed by atoms with Crippen molar-refractivity contribution in [2.75, 3.05) is 44.5 Å². The maximum absolute atomic E-state index is 12.5. The normalized spacial score (nSPS) is 15.2. The second-order valence-electron chi connectivity index (χ2n) is 6.84. The molecule has 0 bridgehead atoms. The Morgan fingerprint density at radius 3 is 2.63 bits per heavy atom. The largest absolute Gasteiger partial charge is 0.477 e. The number of nitrogens with zero attached hydrogens (tertiary/aromatic N) is 4. The minimum atomic E-state index is -0.00304. The molecular formula is C21H25ClN4O4. The maximum Gasteiger partial charge on any atom is 0.246 e. The van der Waals surface area contributed by atoms with Crippen molar-refractivity contribution >= 4 is 30.2 Å². The predicted molar refractivity (Wildman–Crippen MR) is 115 cm³/mol. The number of halogens is 1. The summed E-state index contributed by atoms with van der Waals surface area (Å²) in [6, 6.07) is 9.38. The van der Waals surface area contributed by atoms with Crippen molar-refractivity contribution in [3.8, 4) is 17.4 Å². The molecule has 0 saturated carbocycles. The molecule has 0 N–H and O–H groups in total. The molecular weight excluding hydrogens is 408 g/mol. The van der Waals surface area contributed by atoms with Crippen molar-refractivity contribution < 1.29 is 19.0 Å². The van der Waals surface area contributed by atoms with Crippen molar-refractivity contribution in [1.29, 1.82) is 0 Å². The van der Waals surface area contributed by atoms with Gasteiger partial charge >= 0.3 is 0 Å². The maximum atomic E-state index is 12.5. The van der Waals surface area contributed by atoms with Gasteiger partial charge in [-0.2, -0.15) is 0 Å². The van der Waals surface area contributed by atoms with Gasteiger partial charge in [0.1, 0.15) is 0 Å². The van der Waals surface area contributed by atoms with E-state index in [9.17, 15) is 4.79 Å². The van der Waals surface area contributed by atoms with E-state index in [1.807, 2.05) is 42.2 Å². The van der Waals surface area contributed by atoms with E-state index in [4.69, 9.17) is 14.2 Å². The Hall–Kier alpha value is -3.00. The molecule has 0 spiro atoms. The lowest BCUT2D eigenvalue weighted by Gasteiger charge is -2.34. The van der Waals surface area contributed by atoms with Gasteiger partial charge in [0.2, 0.25) is 18.6 Å². The average molecular weight is 433 g/mol. The topological polar surface area (TPSA) is 77.0 Å². The molecule has 0 radical (unpaired) electrons. The second-order valence-corrected chi connectivity index (χ2v) is 6.84. The molecule has 0 atom stereocenters. The van der Waals surface area contributed by atoms with Crippen LogP contribution in [0.3, 0.4) is 0 Å². The molecule has 2 aliphatic rings. The highest BCUT2D eigenvalue weighted by Crippen LogP contribution is 2.32. The zero-order valence-corrected chi connectivity index (χ0v) is 17.6. The number of anilines is 1. The highest BCUT2D eigenvalue weighted by atomic mass is 35.5. The fourth-order valence-electron chi connectivity index (χ4n) is 3.21. The third-order valence-corrected chi connectivity index (χ3v) is 4.81. The molecule has 9 heteroatoms. The van der Waals surface area contributed by atoms with Crippen LogP contribution >= 0.6 is 12.4 Å². The predicted octanol–water partition coefficient (Wildman–Crippen LogP) is 2.78. The van der Waals surface area contributed by atoms with Gasteiger partial charge in [-0.1, -0.05) is 13.0 Å². The van der Waals surface area contributed by atoms with Gasteiger partial charge in [-0.05, 0) is 36.3 Å². The van der Waals surface area contributed by atoms with Gasteiger partial charge in [-0.25, -0.2) is 0 Å². The highest BCUT2D eigenvalue weighted by Gasteiger charge is 2.21. The molecule has 30 heavy (non-hydrogen) atoms. The van der Waals surface area contributed by atoms with Crippen molar-refractivity contribution in [2.24, 2.45) is 0 Å². The van der Waals surface area contributed by atoms with Crippen LogP contribution in [0.5, 0.6) is 17.4 Å². The number of carbonyl (C=O) groups excluding carboxylic acids is 1. The van der Waals surface area contributed by atoms with Crippen molar-refractivity contribution in [2.45, 2.75) is 13.3 Å². The molecule has 1 fully saturated rings. The van der Waals surface area contributed by atoms with Gasteiger partial charge in [0, 0.05) is 38.3 Å². The van der Waals surface area contributed by atoms with Crippen LogP contribution in [0.25, 0.3) is 6.08 Å². The van der Waals surface area contributed by atoms with E-state index in [1.54, 1.807) is 12.2 Å². The number of fused-ring (bicyclic) bond motifs is 1. The lowest BCUT2D eigenvalue weighted by molar-refractivity contribution is -0.126. The number of benzene rings is 1. The second kappa shape index (κ2) is 10.2. The molecule has 2 aliphatic heterocycles. The van der Waals surface area contributed by atoms with Crippen molar-refractivity contribution in [3.63, 3.8) is 0 Å². The number of piperazine rings is 1. The summed E-state index contributed by atoms with van der Waals surface area (Å²) >= 11 is 0. The molecule has 0 unspecified atom stereocenters. The first kappa shape index (κ1) is 21.7. The summed E-state index contributed by atoms with van der Waals surface area (Å²) in [5.74, 6) is 2.78. The summed E-state index contributed by atoms with van der Waals surface area (Å²) in [5, 5.41) is 8.35. The molecule has 1 aromatic carbocycles. The van der Waals surface area contributed by atoms with E-state index in [-0.39, 0.29) is 25.1 Å². The van der Waals surface area contributed by atoms with Crippen LogP contribution in [-0.4, -0.2) is 60.6 Å². The molecule has 2 aromatic rings. The number of amides is 1. The van der Waals surface area contributed by atoms with Gasteiger partial charge in [0.05, 0.1) is 6.61 Å². The van der Waals surface area contributed by atoms with Gasteiger partial charge in [0.25, 0.3) is 0 Å². The Morgan fingerprint density at radius 1 is 1.10 bits per heavy atom. The number of aromatic nitrogens is 2. The first-order valence-corrected chi connectivity index (χ1v) is 9.81.